The summed E-state index contributed by atoms with van der Waals surface area (Å²) in [5.41, 5.74) is 0. The fraction of sp³-hybridized carbons (Fsp3) is 1.00. The highest BCUT2D eigenvalue weighted by Gasteiger charge is 2.12. The molecule has 0 spiro atoms. The van der Waals surface area contributed by atoms with E-state index in [4.69, 9.17) is 5.11 Å². The minimum Gasteiger partial charge on any atom is -0.396 e. The van der Waals surface area contributed by atoms with Crippen molar-refractivity contribution in [2.45, 2.75) is 25.8 Å². The minimum absolute atomic E-state index is 0.0453. The van der Waals surface area contributed by atoms with Crippen molar-refractivity contribution < 1.29 is 13.5 Å². The molecule has 15 heavy (non-hydrogen) atoms. The average molecular weight is 238 g/mol. The molecular weight excluding hydrogens is 216 g/mol. The van der Waals surface area contributed by atoms with Gasteiger partial charge in [-0.25, -0.2) is 13.1 Å². The van der Waals surface area contributed by atoms with E-state index in [1.165, 1.54) is 0 Å². The van der Waals surface area contributed by atoms with E-state index in [-0.39, 0.29) is 18.4 Å². The van der Waals surface area contributed by atoms with Crippen molar-refractivity contribution in [3.05, 3.63) is 0 Å². The first-order chi connectivity index (χ1) is 6.89. The molecule has 0 saturated heterocycles. The van der Waals surface area contributed by atoms with Gasteiger partial charge in [0, 0.05) is 19.2 Å². The molecule has 2 N–H and O–H groups in total. The maximum absolute atomic E-state index is 11.4. The molecule has 0 rings (SSSR count). The molecule has 0 aromatic rings. The van der Waals surface area contributed by atoms with Gasteiger partial charge < -0.3 is 10.0 Å². The molecule has 0 heterocycles. The summed E-state index contributed by atoms with van der Waals surface area (Å²) in [5.74, 6) is 0.0910. The number of aliphatic hydroxyl groups is 1. The molecule has 0 amide bonds. The predicted molar refractivity (Wildman–Crippen MR) is 61.3 cm³/mol. The number of sulfonamides is 1. The molecule has 0 aromatic carbocycles. The van der Waals surface area contributed by atoms with Crippen molar-refractivity contribution in [2.75, 3.05) is 33.0 Å². The molecule has 0 aromatic heterocycles. The third-order valence-electron chi connectivity index (χ3n) is 2.30. The van der Waals surface area contributed by atoms with Crippen molar-refractivity contribution >= 4 is 10.0 Å². The van der Waals surface area contributed by atoms with Crippen LogP contribution in [-0.4, -0.2) is 57.5 Å². The molecule has 0 saturated carbocycles. The highest BCUT2D eigenvalue weighted by atomic mass is 32.2. The van der Waals surface area contributed by atoms with E-state index in [0.29, 0.717) is 19.4 Å². The third-order valence-corrected chi connectivity index (χ3v) is 3.73. The van der Waals surface area contributed by atoms with Crippen LogP contribution < -0.4 is 4.72 Å². The maximum Gasteiger partial charge on any atom is 0.211 e. The Kier molecular flexibility index (Phi) is 7.08. The number of aliphatic hydroxyl groups excluding tert-OH is 1. The molecule has 0 fully saturated rings. The lowest BCUT2D eigenvalue weighted by Gasteiger charge is -2.19. The Balaban J connectivity index is 3.84. The van der Waals surface area contributed by atoms with Crippen LogP contribution in [0.3, 0.4) is 0 Å². The van der Waals surface area contributed by atoms with Gasteiger partial charge in [0.25, 0.3) is 0 Å². The topological polar surface area (TPSA) is 69.6 Å². The van der Waals surface area contributed by atoms with Crippen molar-refractivity contribution in [1.29, 1.82) is 0 Å². The standard InChI is InChI=1S/C9H22N2O3S/c1-9(11(2)3)8-10-15(13,14)7-5-4-6-12/h9-10,12H,4-8H2,1-3H3. The van der Waals surface area contributed by atoms with E-state index in [9.17, 15) is 8.42 Å². The predicted octanol–water partition coefficient (Wildman–Crippen LogP) is -0.372. The van der Waals surface area contributed by atoms with Crippen LogP contribution in [0.2, 0.25) is 0 Å². The second kappa shape index (κ2) is 7.16. The lowest BCUT2D eigenvalue weighted by Crippen LogP contribution is -2.39. The summed E-state index contributed by atoms with van der Waals surface area (Å²) in [4.78, 5) is 1.95. The van der Waals surface area contributed by atoms with E-state index in [2.05, 4.69) is 4.72 Å². The molecule has 1 unspecified atom stereocenters. The smallest absolute Gasteiger partial charge is 0.211 e. The van der Waals surface area contributed by atoms with E-state index in [1.54, 1.807) is 0 Å². The molecular formula is C9H22N2O3S. The van der Waals surface area contributed by atoms with Crippen LogP contribution in [0.5, 0.6) is 0 Å². The second-order valence-electron chi connectivity index (χ2n) is 3.91. The second-order valence-corrected chi connectivity index (χ2v) is 5.84. The Morgan fingerprint density at radius 2 is 1.93 bits per heavy atom. The maximum atomic E-state index is 11.4. The third kappa shape index (κ3) is 7.72. The molecule has 6 heteroatoms. The van der Waals surface area contributed by atoms with E-state index < -0.39 is 10.0 Å². The summed E-state index contributed by atoms with van der Waals surface area (Å²) in [6.45, 7) is 2.42. The Morgan fingerprint density at radius 1 is 1.33 bits per heavy atom. The van der Waals surface area contributed by atoms with Gasteiger partial charge in [-0.15, -0.1) is 0 Å². The van der Waals surface area contributed by atoms with Crippen LogP contribution in [0.15, 0.2) is 0 Å². The quantitative estimate of drug-likeness (QED) is 0.566. The zero-order valence-corrected chi connectivity index (χ0v) is 10.5. The SMILES string of the molecule is CC(CNS(=O)(=O)CCCCO)N(C)C. The lowest BCUT2D eigenvalue weighted by molar-refractivity contribution is 0.287. The molecule has 0 bridgehead atoms. The Morgan fingerprint density at radius 3 is 2.40 bits per heavy atom. The van der Waals surface area contributed by atoms with Crippen LogP contribution in [0, 0.1) is 0 Å². The van der Waals surface area contributed by atoms with Gasteiger partial charge in [-0.05, 0) is 33.9 Å². The van der Waals surface area contributed by atoms with Crippen molar-refractivity contribution in [3.63, 3.8) is 0 Å². The Hall–Kier alpha value is -0.170. The summed E-state index contributed by atoms with van der Waals surface area (Å²) >= 11 is 0. The molecule has 1 atom stereocenters. The van der Waals surface area contributed by atoms with Gasteiger partial charge in [-0.1, -0.05) is 0 Å². The van der Waals surface area contributed by atoms with Gasteiger partial charge in [-0.2, -0.15) is 0 Å². The van der Waals surface area contributed by atoms with Gasteiger partial charge >= 0.3 is 0 Å². The summed E-state index contributed by atoms with van der Waals surface area (Å²) < 4.78 is 25.4. The summed E-state index contributed by atoms with van der Waals surface area (Å²) in [5, 5.41) is 8.53. The van der Waals surface area contributed by atoms with Gasteiger partial charge in [0.05, 0.1) is 5.75 Å². The van der Waals surface area contributed by atoms with Crippen LogP contribution in [0.25, 0.3) is 0 Å². The number of hydrogen-bond donors (Lipinski definition) is 2. The summed E-state index contributed by atoms with van der Waals surface area (Å²) in [6, 6.07) is 0.178. The zero-order valence-electron chi connectivity index (χ0n) is 9.73. The van der Waals surface area contributed by atoms with Crippen LogP contribution in [-0.2, 0) is 10.0 Å². The molecule has 0 aliphatic heterocycles. The highest BCUT2D eigenvalue weighted by Crippen LogP contribution is 1.95. The molecule has 92 valence electrons. The number of unbranched alkanes of at least 4 members (excludes halogenated alkanes) is 1. The summed E-state index contributed by atoms with van der Waals surface area (Å²) in [7, 11) is 0.645. The minimum atomic E-state index is -3.17. The lowest BCUT2D eigenvalue weighted by atomic mass is 10.3. The molecule has 0 radical (unpaired) electrons. The number of hydrogen-bond acceptors (Lipinski definition) is 4. The Labute approximate surface area is 92.5 Å². The summed E-state index contributed by atoms with van der Waals surface area (Å²) in [6.07, 6.45) is 1.03. The molecule has 5 nitrogen and oxygen atoms in total. The number of likely N-dealkylation sites (N-methyl/N-ethyl adjacent to an activating group) is 1. The van der Waals surface area contributed by atoms with E-state index in [1.807, 2.05) is 25.9 Å². The average Bonchev–Trinajstić information content (AvgIpc) is 2.14. The van der Waals surface area contributed by atoms with Crippen molar-refractivity contribution in [1.82, 2.24) is 9.62 Å². The van der Waals surface area contributed by atoms with E-state index >= 15 is 0 Å². The van der Waals surface area contributed by atoms with Crippen molar-refractivity contribution in [3.8, 4) is 0 Å². The van der Waals surface area contributed by atoms with Crippen LogP contribution in [0.1, 0.15) is 19.8 Å². The van der Waals surface area contributed by atoms with Gasteiger partial charge in [0.2, 0.25) is 10.0 Å². The van der Waals surface area contributed by atoms with Gasteiger partial charge in [0.1, 0.15) is 0 Å². The van der Waals surface area contributed by atoms with Crippen LogP contribution in [0.4, 0.5) is 0 Å². The number of nitrogens with one attached hydrogen (secondary N) is 1. The van der Waals surface area contributed by atoms with Gasteiger partial charge in [0.15, 0.2) is 0 Å². The first kappa shape index (κ1) is 14.8. The van der Waals surface area contributed by atoms with Crippen LogP contribution >= 0.6 is 0 Å². The first-order valence-electron chi connectivity index (χ1n) is 5.13. The molecule has 0 aliphatic rings. The largest absolute Gasteiger partial charge is 0.396 e. The first-order valence-corrected chi connectivity index (χ1v) is 6.79. The monoisotopic (exact) mass is 238 g/mol. The fourth-order valence-electron chi connectivity index (χ4n) is 0.906. The van der Waals surface area contributed by atoms with E-state index in [0.717, 1.165) is 0 Å². The molecule has 0 aliphatic carbocycles. The fourth-order valence-corrected chi connectivity index (χ4v) is 2.13. The normalized spacial score (nSPS) is 14.5. The zero-order chi connectivity index (χ0) is 11.9. The number of nitrogens with zero attached hydrogens (tertiary/aromatic N) is 1. The van der Waals surface area contributed by atoms with Crippen molar-refractivity contribution in [2.24, 2.45) is 0 Å². The highest BCUT2D eigenvalue weighted by molar-refractivity contribution is 7.89. The number of rotatable bonds is 8. The van der Waals surface area contributed by atoms with Gasteiger partial charge in [-0.3, -0.25) is 0 Å². The Bertz CT molecular complexity index is 252.